The van der Waals surface area contributed by atoms with E-state index in [0.717, 1.165) is 30.0 Å². The Morgan fingerprint density at radius 3 is 2.96 bits per heavy atom. The van der Waals surface area contributed by atoms with Gasteiger partial charge >= 0.3 is 0 Å². The van der Waals surface area contributed by atoms with Crippen LogP contribution >= 0.6 is 12.2 Å². The highest BCUT2D eigenvalue weighted by Crippen LogP contribution is 2.38. The topological polar surface area (TPSA) is 39.8 Å². The summed E-state index contributed by atoms with van der Waals surface area (Å²) >= 11 is 5.37. The van der Waals surface area contributed by atoms with Crippen molar-refractivity contribution in [1.82, 2.24) is 15.5 Å². The maximum atomic E-state index is 5.37. The van der Waals surface area contributed by atoms with Crippen LogP contribution in [0, 0.1) is 11.8 Å². The molecule has 5 nitrogen and oxygen atoms in total. The molecule has 3 saturated heterocycles. The predicted molar refractivity (Wildman–Crippen MR) is 114 cm³/mol. The molecule has 2 N–H and O–H groups in total. The van der Waals surface area contributed by atoms with Crippen molar-refractivity contribution >= 4 is 23.0 Å². The van der Waals surface area contributed by atoms with Crippen molar-refractivity contribution in [2.24, 2.45) is 11.8 Å². The molecule has 4 aliphatic rings. The molecule has 4 heterocycles. The number of piperidine rings is 3. The molecule has 6 heteroatoms. The van der Waals surface area contributed by atoms with Crippen LogP contribution < -0.4 is 15.5 Å². The second-order valence-electron chi connectivity index (χ2n) is 8.15. The lowest BCUT2D eigenvalue weighted by atomic mass is 9.75. The van der Waals surface area contributed by atoms with Crippen LogP contribution in [0.15, 0.2) is 24.3 Å². The van der Waals surface area contributed by atoms with Gasteiger partial charge in [-0.1, -0.05) is 18.2 Å². The summed E-state index contributed by atoms with van der Waals surface area (Å²) in [6.07, 6.45) is 3.86. The average Bonchev–Trinajstić information content (AvgIpc) is 3.10. The molecule has 4 atom stereocenters. The summed E-state index contributed by atoms with van der Waals surface area (Å²) in [6.45, 7) is 7.28. The van der Waals surface area contributed by atoms with Crippen molar-refractivity contribution in [2.45, 2.75) is 25.3 Å². The molecular weight excluding hydrogens is 356 g/mol. The van der Waals surface area contributed by atoms with Crippen LogP contribution in [0.25, 0.3) is 0 Å². The van der Waals surface area contributed by atoms with E-state index in [0.29, 0.717) is 12.6 Å². The van der Waals surface area contributed by atoms with Crippen molar-refractivity contribution < 1.29 is 4.74 Å². The van der Waals surface area contributed by atoms with Gasteiger partial charge in [-0.2, -0.15) is 0 Å². The fourth-order valence-electron chi connectivity index (χ4n) is 5.09. The number of rotatable bonds is 7. The van der Waals surface area contributed by atoms with Gasteiger partial charge in [0.05, 0.1) is 6.61 Å². The van der Waals surface area contributed by atoms with Gasteiger partial charge in [0.1, 0.15) is 0 Å². The van der Waals surface area contributed by atoms with E-state index in [9.17, 15) is 0 Å². The minimum absolute atomic E-state index is 0.619. The van der Waals surface area contributed by atoms with Crippen molar-refractivity contribution in [3.05, 3.63) is 29.8 Å². The van der Waals surface area contributed by atoms with Crippen molar-refractivity contribution in [2.75, 3.05) is 57.9 Å². The van der Waals surface area contributed by atoms with Gasteiger partial charge in [-0.15, -0.1) is 0 Å². The van der Waals surface area contributed by atoms with Gasteiger partial charge in [-0.25, -0.2) is 0 Å². The molecular formula is C21H32N4OS. The van der Waals surface area contributed by atoms with Crippen LogP contribution in [0.1, 0.15) is 18.4 Å². The molecule has 3 fully saturated rings. The van der Waals surface area contributed by atoms with Crippen LogP contribution in [0.2, 0.25) is 0 Å². The summed E-state index contributed by atoms with van der Waals surface area (Å²) in [4.78, 5) is 5.32. The quantitative estimate of drug-likeness (QED) is 0.549. The van der Waals surface area contributed by atoms with Crippen molar-refractivity contribution in [1.29, 1.82) is 0 Å². The van der Waals surface area contributed by atoms with E-state index in [1.54, 1.807) is 7.11 Å². The zero-order chi connectivity index (χ0) is 18.6. The van der Waals surface area contributed by atoms with Crippen LogP contribution in [0.5, 0.6) is 0 Å². The maximum Gasteiger partial charge on any atom is 0.166 e. The number of ether oxygens (including phenoxy) is 1. The zero-order valence-corrected chi connectivity index (χ0v) is 17.1. The van der Waals surface area contributed by atoms with Crippen LogP contribution in [0.4, 0.5) is 5.69 Å². The predicted octanol–water partition coefficient (Wildman–Crippen LogP) is 1.87. The second kappa shape index (κ2) is 8.76. The number of methoxy groups -OCH3 is 1. The van der Waals surface area contributed by atoms with E-state index in [4.69, 9.17) is 17.0 Å². The minimum atomic E-state index is 0.619. The molecule has 0 radical (unpaired) electrons. The summed E-state index contributed by atoms with van der Waals surface area (Å²) < 4.78 is 5.05. The van der Waals surface area contributed by atoms with Gasteiger partial charge in [0.25, 0.3) is 0 Å². The first-order chi connectivity index (χ1) is 13.2. The fraction of sp³-hybridized carbons (Fsp3) is 0.667. The molecule has 1 unspecified atom stereocenters. The Bertz CT molecular complexity index is 655. The largest absolute Gasteiger partial charge is 0.383 e. The van der Waals surface area contributed by atoms with Gasteiger partial charge in [0.15, 0.2) is 5.11 Å². The van der Waals surface area contributed by atoms with Crippen LogP contribution in [0.3, 0.4) is 0 Å². The fourth-order valence-corrected chi connectivity index (χ4v) is 5.27. The second-order valence-corrected chi connectivity index (χ2v) is 8.56. The highest BCUT2D eigenvalue weighted by Gasteiger charge is 2.40. The van der Waals surface area contributed by atoms with Gasteiger partial charge in [-0.3, -0.25) is 4.90 Å². The summed E-state index contributed by atoms with van der Waals surface area (Å²) in [7, 11) is 1.71. The summed E-state index contributed by atoms with van der Waals surface area (Å²) in [5.41, 5.74) is 3.00. The first-order valence-corrected chi connectivity index (χ1v) is 10.7. The normalized spacial score (nSPS) is 28.9. The number of para-hydroxylation sites is 1. The van der Waals surface area contributed by atoms with E-state index in [-0.39, 0.29) is 0 Å². The number of benzene rings is 1. The maximum absolute atomic E-state index is 5.37. The van der Waals surface area contributed by atoms with Gasteiger partial charge in [0, 0.05) is 51.6 Å². The third-order valence-corrected chi connectivity index (χ3v) is 6.83. The molecule has 5 rings (SSSR count). The van der Waals surface area contributed by atoms with E-state index < -0.39 is 0 Å². The molecule has 4 aliphatic heterocycles. The summed E-state index contributed by atoms with van der Waals surface area (Å²) in [6, 6.07) is 9.56. The molecule has 1 aromatic rings. The summed E-state index contributed by atoms with van der Waals surface area (Å²) in [5.74, 6) is 1.65. The molecule has 0 aromatic heterocycles. The van der Waals surface area contributed by atoms with Crippen LogP contribution in [-0.2, 0) is 11.2 Å². The third kappa shape index (κ3) is 4.39. The molecule has 0 saturated carbocycles. The van der Waals surface area contributed by atoms with Crippen LogP contribution in [-0.4, -0.2) is 69.0 Å². The molecule has 1 aromatic carbocycles. The number of hydrogen-bond acceptors (Lipinski definition) is 4. The van der Waals surface area contributed by atoms with E-state index in [1.807, 2.05) is 0 Å². The summed E-state index contributed by atoms with van der Waals surface area (Å²) in [5, 5.41) is 7.36. The number of nitrogens with one attached hydrogen (secondary N) is 2. The molecule has 2 bridgehead atoms. The molecule has 0 amide bonds. The number of hydrogen-bond donors (Lipinski definition) is 2. The highest BCUT2D eigenvalue weighted by atomic mass is 32.1. The lowest BCUT2D eigenvalue weighted by molar-refractivity contribution is 0.00638. The Morgan fingerprint density at radius 2 is 2.15 bits per heavy atom. The van der Waals surface area contributed by atoms with Crippen molar-refractivity contribution in [3.63, 3.8) is 0 Å². The Labute approximate surface area is 168 Å². The third-order valence-electron chi connectivity index (χ3n) is 6.54. The lowest BCUT2D eigenvalue weighted by Gasteiger charge is -2.51. The number of thiocarbonyl (C=S) groups is 1. The highest BCUT2D eigenvalue weighted by molar-refractivity contribution is 7.80. The monoisotopic (exact) mass is 388 g/mol. The number of nitrogens with zero attached hydrogens (tertiary/aromatic N) is 2. The number of anilines is 1. The van der Waals surface area contributed by atoms with E-state index >= 15 is 0 Å². The van der Waals surface area contributed by atoms with Gasteiger partial charge in [-0.05, 0) is 61.5 Å². The molecule has 27 heavy (non-hydrogen) atoms. The lowest BCUT2D eigenvalue weighted by Crippen LogP contribution is -2.59. The van der Waals surface area contributed by atoms with Crippen molar-refractivity contribution in [3.8, 4) is 0 Å². The Balaban J connectivity index is 1.26. The molecule has 0 spiro atoms. The van der Waals surface area contributed by atoms with E-state index in [1.165, 1.54) is 56.7 Å². The van der Waals surface area contributed by atoms with Gasteiger partial charge in [0.2, 0.25) is 0 Å². The Hall–Kier alpha value is -1.37. The first-order valence-electron chi connectivity index (χ1n) is 10.3. The molecule has 0 aliphatic carbocycles. The van der Waals surface area contributed by atoms with E-state index in [2.05, 4.69) is 44.7 Å². The smallest absolute Gasteiger partial charge is 0.166 e. The first kappa shape index (κ1) is 19.0. The Kier molecular flexibility index (Phi) is 6.15. The van der Waals surface area contributed by atoms with Gasteiger partial charge < -0.3 is 20.3 Å². The average molecular weight is 389 g/mol. The molecule has 148 valence electrons. The minimum Gasteiger partial charge on any atom is -0.383 e. The SMILES string of the molecule is COCCNC(=S)NC[C@H]1C[C@H]2CCN1C[C@@H]2CN1CCc2ccccc21. The number of fused-ring (bicyclic) bond motifs is 4. The Morgan fingerprint density at radius 1 is 1.26 bits per heavy atom. The standard InChI is InChI=1S/C21H32N4OS/c1-26-11-8-22-21(27)23-13-19-12-17-7-9-24(19)14-18(17)15-25-10-6-16-4-2-3-5-20(16)25/h2-5,17-19H,6-15H2,1H3,(H2,22,23,27)/t17-,18-,19-/m1/s1. The zero-order valence-electron chi connectivity index (χ0n) is 16.3.